The van der Waals surface area contributed by atoms with E-state index in [1.165, 1.54) is 64.2 Å². The van der Waals surface area contributed by atoms with Gasteiger partial charge in [0, 0.05) is 12.8 Å². The van der Waals surface area contributed by atoms with Gasteiger partial charge < -0.3 is 14.6 Å². The number of aliphatic hydroxyl groups is 1. The highest BCUT2D eigenvalue weighted by Crippen LogP contribution is 2.12. The number of carbonyl (C=O) groups is 2. The van der Waals surface area contributed by atoms with E-state index in [1.807, 2.05) is 0 Å². The molecule has 0 aromatic heterocycles. The van der Waals surface area contributed by atoms with Gasteiger partial charge in [0.25, 0.3) is 0 Å². The lowest BCUT2D eigenvalue weighted by atomic mass is 10.1. The molecule has 0 aliphatic carbocycles. The van der Waals surface area contributed by atoms with E-state index >= 15 is 0 Å². The lowest BCUT2D eigenvalue weighted by Gasteiger charge is -2.15. The summed E-state index contributed by atoms with van der Waals surface area (Å²) in [7, 11) is 0. The van der Waals surface area contributed by atoms with Crippen molar-refractivity contribution in [2.75, 3.05) is 13.2 Å². The van der Waals surface area contributed by atoms with Crippen molar-refractivity contribution in [1.82, 2.24) is 0 Å². The van der Waals surface area contributed by atoms with Crippen LogP contribution in [-0.4, -0.2) is 36.4 Å². The van der Waals surface area contributed by atoms with E-state index < -0.39 is 6.10 Å². The molecule has 0 rings (SSSR count). The van der Waals surface area contributed by atoms with Crippen molar-refractivity contribution in [2.45, 2.75) is 174 Å². The summed E-state index contributed by atoms with van der Waals surface area (Å²) < 4.78 is 10.6. The highest BCUT2D eigenvalue weighted by Gasteiger charge is 2.16. The molecule has 254 valence electrons. The molecule has 1 unspecified atom stereocenters. The van der Waals surface area contributed by atoms with Crippen LogP contribution in [0.15, 0.2) is 48.6 Å². The molecule has 0 amide bonds. The predicted molar refractivity (Wildman–Crippen MR) is 187 cm³/mol. The summed E-state index contributed by atoms with van der Waals surface area (Å²) in [5.41, 5.74) is 0. The maximum absolute atomic E-state index is 12.1. The molecule has 0 aliphatic heterocycles. The van der Waals surface area contributed by atoms with E-state index in [0.29, 0.717) is 12.8 Å². The lowest BCUT2D eigenvalue weighted by Crippen LogP contribution is -2.28. The van der Waals surface area contributed by atoms with E-state index in [4.69, 9.17) is 9.47 Å². The highest BCUT2D eigenvalue weighted by atomic mass is 16.6. The van der Waals surface area contributed by atoms with Crippen molar-refractivity contribution in [3.05, 3.63) is 48.6 Å². The summed E-state index contributed by atoms with van der Waals surface area (Å²) in [6, 6.07) is 0. The molecule has 0 aromatic carbocycles. The minimum absolute atomic E-state index is 0.0780. The Morgan fingerprint density at radius 3 is 1.50 bits per heavy atom. The van der Waals surface area contributed by atoms with E-state index in [-0.39, 0.29) is 25.2 Å². The third-order valence-electron chi connectivity index (χ3n) is 7.61. The van der Waals surface area contributed by atoms with Crippen molar-refractivity contribution in [3.63, 3.8) is 0 Å². The maximum Gasteiger partial charge on any atom is 0.306 e. The Hall–Kier alpha value is -2.14. The summed E-state index contributed by atoms with van der Waals surface area (Å²) in [5, 5.41) is 9.52. The number of hydrogen-bond donors (Lipinski definition) is 1. The Morgan fingerprint density at radius 2 is 0.977 bits per heavy atom. The smallest absolute Gasteiger partial charge is 0.306 e. The summed E-state index contributed by atoms with van der Waals surface area (Å²) in [6.07, 6.45) is 43.1. The number of allylic oxidation sites excluding steroid dienone is 8. The van der Waals surface area contributed by atoms with Crippen molar-refractivity contribution >= 4 is 11.9 Å². The van der Waals surface area contributed by atoms with E-state index in [1.54, 1.807) is 0 Å². The van der Waals surface area contributed by atoms with Crippen LogP contribution in [0.1, 0.15) is 168 Å². The monoisotopic (exact) mass is 617 g/mol. The minimum Gasteiger partial charge on any atom is -0.462 e. The Kier molecular flexibility index (Phi) is 33.6. The average molecular weight is 617 g/mol. The molecule has 0 saturated carbocycles. The molecule has 0 aromatic rings. The van der Waals surface area contributed by atoms with Gasteiger partial charge in [-0.25, -0.2) is 0 Å². The molecule has 0 aliphatic rings. The van der Waals surface area contributed by atoms with Crippen LogP contribution in [0.5, 0.6) is 0 Å². The fourth-order valence-electron chi connectivity index (χ4n) is 4.86. The SMILES string of the molecule is CCC=CCC=CCC=CCCCCCCCC(=O)OC(CO)COC(=O)CCCCCCCC=CCCCCCCCC. The average Bonchev–Trinajstić information content (AvgIpc) is 3.02. The second kappa shape index (κ2) is 35.3. The van der Waals surface area contributed by atoms with E-state index in [9.17, 15) is 14.7 Å². The van der Waals surface area contributed by atoms with Crippen LogP contribution < -0.4 is 0 Å². The number of rotatable bonds is 32. The molecule has 0 spiro atoms. The first-order valence-electron chi connectivity index (χ1n) is 18.2. The van der Waals surface area contributed by atoms with Crippen LogP contribution >= 0.6 is 0 Å². The van der Waals surface area contributed by atoms with Gasteiger partial charge in [-0.1, -0.05) is 133 Å². The zero-order chi connectivity index (χ0) is 32.2. The standard InChI is InChI=1S/C39H68O5/c1-3-5-7-9-11-13-15-17-19-21-23-25-27-29-31-33-38(41)43-36-37(35-40)44-39(42)34-32-30-28-26-24-22-20-18-16-14-12-10-8-6-4-2/h6,8,12,14,17-20,37,40H,3-5,7,9-11,13,15-16,21-36H2,1-2H3. The van der Waals surface area contributed by atoms with Gasteiger partial charge >= 0.3 is 11.9 Å². The molecular weight excluding hydrogens is 548 g/mol. The largest absolute Gasteiger partial charge is 0.462 e. The van der Waals surface area contributed by atoms with Gasteiger partial charge in [-0.15, -0.1) is 0 Å². The van der Waals surface area contributed by atoms with Crippen molar-refractivity contribution in [3.8, 4) is 0 Å². The number of carbonyl (C=O) groups excluding carboxylic acids is 2. The normalized spacial score (nSPS) is 12.7. The zero-order valence-electron chi connectivity index (χ0n) is 28.7. The number of ether oxygens (including phenoxy) is 2. The number of aliphatic hydroxyl groups excluding tert-OH is 1. The topological polar surface area (TPSA) is 72.8 Å². The number of hydrogen-bond acceptors (Lipinski definition) is 5. The minimum atomic E-state index is -0.782. The third-order valence-corrected chi connectivity index (χ3v) is 7.61. The Bertz CT molecular complexity index is 752. The molecule has 1 atom stereocenters. The molecular formula is C39H68O5. The molecule has 0 heterocycles. The number of esters is 2. The summed E-state index contributed by atoms with van der Waals surface area (Å²) in [5.74, 6) is -0.623. The second-order valence-electron chi connectivity index (χ2n) is 11.9. The van der Waals surface area contributed by atoms with Crippen molar-refractivity contribution in [1.29, 1.82) is 0 Å². The quantitative estimate of drug-likeness (QED) is 0.0462. The van der Waals surface area contributed by atoms with Crippen molar-refractivity contribution in [2.24, 2.45) is 0 Å². The van der Waals surface area contributed by atoms with Crippen molar-refractivity contribution < 1.29 is 24.2 Å². The van der Waals surface area contributed by atoms with Crippen LogP contribution in [-0.2, 0) is 19.1 Å². The van der Waals surface area contributed by atoms with Crippen LogP contribution in [0, 0.1) is 0 Å². The molecule has 44 heavy (non-hydrogen) atoms. The predicted octanol–water partition coefficient (Wildman–Crippen LogP) is 11.1. The fraction of sp³-hybridized carbons (Fsp3) is 0.744. The molecule has 0 fully saturated rings. The first-order valence-corrected chi connectivity index (χ1v) is 18.2. The summed E-state index contributed by atoms with van der Waals surface area (Å²) in [6.45, 7) is 3.98. The van der Waals surface area contributed by atoms with E-state index in [2.05, 4.69) is 62.5 Å². The highest BCUT2D eigenvalue weighted by molar-refractivity contribution is 5.70. The molecule has 5 heteroatoms. The Morgan fingerprint density at radius 1 is 0.545 bits per heavy atom. The Balaban J connectivity index is 3.62. The summed E-state index contributed by atoms with van der Waals surface area (Å²) >= 11 is 0. The molecule has 5 nitrogen and oxygen atoms in total. The van der Waals surface area contributed by atoms with Gasteiger partial charge in [-0.05, 0) is 70.6 Å². The van der Waals surface area contributed by atoms with Gasteiger partial charge in [0.1, 0.15) is 6.61 Å². The lowest BCUT2D eigenvalue weighted by molar-refractivity contribution is -0.161. The van der Waals surface area contributed by atoms with Gasteiger partial charge in [-0.2, -0.15) is 0 Å². The van der Waals surface area contributed by atoms with Gasteiger partial charge in [0.05, 0.1) is 6.61 Å². The van der Waals surface area contributed by atoms with Gasteiger partial charge in [-0.3, -0.25) is 9.59 Å². The zero-order valence-corrected chi connectivity index (χ0v) is 28.7. The molecule has 0 saturated heterocycles. The van der Waals surface area contributed by atoms with Crippen LogP contribution in [0.3, 0.4) is 0 Å². The second-order valence-corrected chi connectivity index (χ2v) is 11.9. The summed E-state index contributed by atoms with van der Waals surface area (Å²) in [4.78, 5) is 24.2. The van der Waals surface area contributed by atoms with E-state index in [0.717, 1.165) is 77.0 Å². The third kappa shape index (κ3) is 32.8. The van der Waals surface area contributed by atoms with Crippen LogP contribution in [0.4, 0.5) is 0 Å². The van der Waals surface area contributed by atoms with Crippen LogP contribution in [0.2, 0.25) is 0 Å². The Labute approximate surface area is 271 Å². The molecule has 0 radical (unpaired) electrons. The first kappa shape index (κ1) is 41.9. The fourth-order valence-corrected chi connectivity index (χ4v) is 4.86. The maximum atomic E-state index is 12.1. The van der Waals surface area contributed by atoms with Crippen LogP contribution in [0.25, 0.3) is 0 Å². The number of unbranched alkanes of at least 4 members (excludes halogenated alkanes) is 16. The molecule has 1 N–H and O–H groups in total. The van der Waals surface area contributed by atoms with Gasteiger partial charge in [0.15, 0.2) is 6.10 Å². The molecule has 0 bridgehead atoms. The van der Waals surface area contributed by atoms with Gasteiger partial charge in [0.2, 0.25) is 0 Å². The first-order chi connectivity index (χ1) is 21.6.